The van der Waals surface area contributed by atoms with Crippen LogP contribution in [0.1, 0.15) is 27.7 Å². The van der Waals surface area contributed by atoms with Crippen LogP contribution in [-0.2, 0) is 13.6 Å². The van der Waals surface area contributed by atoms with Gasteiger partial charge < -0.3 is 5.43 Å². The Morgan fingerprint density at radius 2 is 1.53 bits per heavy atom. The van der Waals surface area contributed by atoms with Crippen LogP contribution in [0.5, 0.6) is 0 Å². The molecule has 0 heterocycles. The third kappa shape index (κ3) is 6.41. The first-order valence-corrected chi connectivity index (χ1v) is 7.98. The van der Waals surface area contributed by atoms with Crippen LogP contribution in [0.4, 0.5) is 5.69 Å². The molecule has 108 valence electrons. The molecule has 1 rings (SSSR count). The molecule has 0 spiro atoms. The Morgan fingerprint density at radius 1 is 1.05 bits per heavy atom. The minimum Gasteiger partial charge on any atom is -0.312 e. The molecular weight excluding hydrogens is 287 g/mol. The fraction of sp³-hybridized carbons (Fsp3) is 0.500. The molecule has 0 bridgehead atoms. The number of benzene rings is 1. The molecule has 5 nitrogen and oxygen atoms in total. The Labute approximate surface area is 119 Å². The highest BCUT2D eigenvalue weighted by Gasteiger charge is 2.27. The fourth-order valence-corrected chi connectivity index (χ4v) is 2.96. The van der Waals surface area contributed by atoms with E-state index in [1.54, 1.807) is 52.0 Å². The van der Waals surface area contributed by atoms with Gasteiger partial charge in [0.1, 0.15) is 0 Å². The van der Waals surface area contributed by atoms with Crippen molar-refractivity contribution in [2.75, 3.05) is 5.43 Å². The third-order valence-corrected chi connectivity index (χ3v) is 3.92. The van der Waals surface area contributed by atoms with Gasteiger partial charge in [0.2, 0.25) is 0 Å². The summed E-state index contributed by atoms with van der Waals surface area (Å²) < 4.78 is 23.1. The molecule has 1 aromatic carbocycles. The first-order valence-electron chi connectivity index (χ1n) is 6.06. The van der Waals surface area contributed by atoms with Crippen LogP contribution >= 0.6 is 19.3 Å². The van der Waals surface area contributed by atoms with E-state index in [0.29, 0.717) is 10.7 Å². The van der Waals surface area contributed by atoms with Crippen molar-refractivity contribution in [2.45, 2.75) is 39.9 Å². The summed E-state index contributed by atoms with van der Waals surface area (Å²) in [4.78, 5) is 0. The third-order valence-electron chi connectivity index (χ3n) is 1.88. The van der Waals surface area contributed by atoms with Gasteiger partial charge in [-0.15, -0.1) is 5.20 Å². The monoisotopic (exact) mass is 306 g/mol. The lowest BCUT2D eigenvalue weighted by Gasteiger charge is -2.23. The van der Waals surface area contributed by atoms with Gasteiger partial charge in [0.25, 0.3) is 0 Å². The first-order chi connectivity index (χ1) is 8.81. The van der Waals surface area contributed by atoms with Gasteiger partial charge in [-0.3, -0.25) is 9.05 Å². The van der Waals surface area contributed by atoms with Gasteiger partial charge in [0.15, 0.2) is 0 Å². The molecule has 2 N–H and O–H groups in total. The van der Waals surface area contributed by atoms with Crippen molar-refractivity contribution in [1.82, 2.24) is 5.20 Å². The highest BCUT2D eigenvalue weighted by atomic mass is 35.5. The smallest absolute Gasteiger partial charge is 0.312 e. The lowest BCUT2D eigenvalue weighted by atomic mass is 10.3. The maximum atomic E-state index is 12.4. The quantitative estimate of drug-likeness (QED) is 0.583. The van der Waals surface area contributed by atoms with Gasteiger partial charge >= 0.3 is 7.75 Å². The summed E-state index contributed by atoms with van der Waals surface area (Å²) in [7, 11) is -3.40. The minimum atomic E-state index is -3.40. The summed E-state index contributed by atoms with van der Waals surface area (Å²) >= 11 is 5.79. The Morgan fingerprint density at radius 3 is 1.95 bits per heavy atom. The van der Waals surface area contributed by atoms with Crippen molar-refractivity contribution in [3.05, 3.63) is 29.3 Å². The normalized spacial score (nSPS) is 12.2. The van der Waals surface area contributed by atoms with Crippen molar-refractivity contribution in [2.24, 2.45) is 0 Å². The van der Waals surface area contributed by atoms with E-state index in [4.69, 9.17) is 20.6 Å². The van der Waals surface area contributed by atoms with Crippen LogP contribution in [-0.4, -0.2) is 12.2 Å². The molecule has 0 aromatic heterocycles. The highest BCUT2D eigenvalue weighted by Crippen LogP contribution is 2.45. The van der Waals surface area contributed by atoms with Gasteiger partial charge in [-0.05, 0) is 52.0 Å². The van der Waals surface area contributed by atoms with E-state index in [1.807, 2.05) is 0 Å². The summed E-state index contributed by atoms with van der Waals surface area (Å²) in [6.07, 6.45) is -0.437. The van der Waals surface area contributed by atoms with Crippen molar-refractivity contribution in [3.8, 4) is 0 Å². The second-order valence-electron chi connectivity index (χ2n) is 4.55. The SMILES string of the molecule is CC(C)OP(=O)(NNc1ccc(Cl)cc1)OC(C)C. The number of hydrogen-bond acceptors (Lipinski definition) is 4. The number of hydrogen-bond donors (Lipinski definition) is 2. The Kier molecular flexibility index (Phi) is 6.30. The molecule has 1 aromatic rings. The van der Waals surface area contributed by atoms with Gasteiger partial charge in [-0.1, -0.05) is 11.6 Å². The van der Waals surface area contributed by atoms with E-state index in [9.17, 15) is 4.57 Å². The maximum absolute atomic E-state index is 12.4. The minimum absolute atomic E-state index is 0.218. The Hall–Kier alpha value is -0.580. The molecule has 19 heavy (non-hydrogen) atoms. The van der Waals surface area contributed by atoms with E-state index in [-0.39, 0.29) is 12.2 Å². The zero-order valence-corrected chi connectivity index (χ0v) is 13.2. The average molecular weight is 307 g/mol. The van der Waals surface area contributed by atoms with Gasteiger partial charge in [-0.25, -0.2) is 4.57 Å². The number of anilines is 1. The largest absolute Gasteiger partial charge is 0.423 e. The summed E-state index contributed by atoms with van der Waals surface area (Å²) in [5.41, 5.74) is 3.51. The molecule has 0 radical (unpaired) electrons. The molecule has 0 amide bonds. The summed E-state index contributed by atoms with van der Waals surface area (Å²) in [6, 6.07) is 6.96. The zero-order chi connectivity index (χ0) is 14.5. The van der Waals surface area contributed by atoms with Crippen LogP contribution in [0.25, 0.3) is 0 Å². The maximum Gasteiger partial charge on any atom is 0.423 e. The fourth-order valence-electron chi connectivity index (χ4n) is 1.30. The highest BCUT2D eigenvalue weighted by molar-refractivity contribution is 7.51. The van der Waals surface area contributed by atoms with E-state index >= 15 is 0 Å². The molecular formula is C12H20ClN2O3P. The first kappa shape index (κ1) is 16.5. The van der Waals surface area contributed by atoms with Crippen LogP contribution in [0.3, 0.4) is 0 Å². The summed E-state index contributed by atoms with van der Waals surface area (Å²) in [5.74, 6) is 0. The van der Waals surface area contributed by atoms with Crippen molar-refractivity contribution >= 4 is 25.0 Å². The molecule has 0 aliphatic carbocycles. The van der Waals surface area contributed by atoms with Crippen molar-refractivity contribution in [3.63, 3.8) is 0 Å². The number of nitrogens with one attached hydrogen (secondary N) is 2. The standard InChI is InChI=1S/C12H20ClN2O3P/c1-9(2)17-19(16,18-10(3)4)15-14-12-7-5-11(13)6-8-12/h5-10,14H,1-4H3,(H,15,16). The second kappa shape index (κ2) is 7.27. The van der Waals surface area contributed by atoms with Crippen LogP contribution < -0.4 is 10.6 Å². The summed E-state index contributed by atoms with van der Waals surface area (Å²) in [6.45, 7) is 7.17. The topological polar surface area (TPSA) is 59.6 Å². The van der Waals surface area contributed by atoms with Crippen LogP contribution in [0.15, 0.2) is 24.3 Å². The second-order valence-corrected chi connectivity index (χ2v) is 6.63. The van der Waals surface area contributed by atoms with Gasteiger partial charge in [0.05, 0.1) is 12.2 Å². The van der Waals surface area contributed by atoms with Gasteiger partial charge in [-0.2, -0.15) is 0 Å². The predicted molar refractivity (Wildman–Crippen MR) is 78.3 cm³/mol. The molecule has 0 atom stereocenters. The molecule has 0 aliphatic rings. The summed E-state index contributed by atoms with van der Waals surface area (Å²) in [5, 5.41) is 3.24. The lowest BCUT2D eigenvalue weighted by Crippen LogP contribution is -2.24. The van der Waals surface area contributed by atoms with E-state index in [0.717, 1.165) is 0 Å². The molecule has 0 saturated heterocycles. The Balaban J connectivity index is 2.67. The zero-order valence-electron chi connectivity index (χ0n) is 11.5. The number of halogens is 1. The van der Waals surface area contributed by atoms with E-state index in [2.05, 4.69) is 10.6 Å². The molecule has 0 aliphatic heterocycles. The average Bonchev–Trinajstić information content (AvgIpc) is 2.26. The van der Waals surface area contributed by atoms with Crippen LogP contribution in [0, 0.1) is 0 Å². The Bertz CT molecular complexity index is 423. The van der Waals surface area contributed by atoms with Crippen molar-refractivity contribution < 1.29 is 13.6 Å². The van der Waals surface area contributed by atoms with Gasteiger partial charge in [0, 0.05) is 10.7 Å². The molecule has 0 fully saturated rings. The number of hydrazine groups is 1. The van der Waals surface area contributed by atoms with Crippen LogP contribution in [0.2, 0.25) is 5.02 Å². The molecule has 7 heteroatoms. The predicted octanol–water partition coefficient (Wildman–Crippen LogP) is 4.21. The lowest BCUT2D eigenvalue weighted by molar-refractivity contribution is 0.137. The molecule has 0 saturated carbocycles. The van der Waals surface area contributed by atoms with E-state index in [1.165, 1.54) is 0 Å². The number of rotatable bonds is 7. The van der Waals surface area contributed by atoms with E-state index < -0.39 is 7.75 Å². The van der Waals surface area contributed by atoms with Crippen molar-refractivity contribution in [1.29, 1.82) is 0 Å². The molecule has 0 unspecified atom stereocenters.